The largest absolute Gasteiger partial charge is 0.444 e. The summed E-state index contributed by atoms with van der Waals surface area (Å²) in [5, 5.41) is 13.3. The Bertz CT molecular complexity index is 1080. The summed E-state index contributed by atoms with van der Waals surface area (Å²) in [4.78, 5) is 6.89. The van der Waals surface area contributed by atoms with Gasteiger partial charge in [0.05, 0.1) is 6.20 Å². The predicted octanol–water partition coefficient (Wildman–Crippen LogP) is 3.73. The van der Waals surface area contributed by atoms with Gasteiger partial charge in [0.15, 0.2) is 5.58 Å². The Morgan fingerprint density at radius 3 is 2.58 bits per heavy atom. The van der Waals surface area contributed by atoms with Crippen LogP contribution in [0.2, 0.25) is 0 Å². The average molecular weight is 422 g/mol. The molecule has 4 fully saturated rings. The number of hydrogen-bond donors (Lipinski definition) is 1. The average Bonchev–Trinajstić information content (AvgIpc) is 3.47. The molecule has 2 aromatic rings. The fourth-order valence-electron chi connectivity index (χ4n) is 6.25. The van der Waals surface area contributed by atoms with Crippen molar-refractivity contribution in [2.45, 2.75) is 69.4 Å². The molecule has 31 heavy (non-hydrogen) atoms. The fourth-order valence-corrected chi connectivity index (χ4v) is 6.25. The second-order valence-corrected chi connectivity index (χ2v) is 10.2. The minimum absolute atomic E-state index is 0.106. The quantitative estimate of drug-likeness (QED) is 0.764. The van der Waals surface area contributed by atoms with E-state index in [0.29, 0.717) is 47.2 Å². The molecule has 5 nitrogen and oxygen atoms in total. The Morgan fingerprint density at radius 2 is 1.94 bits per heavy atom. The number of pyridine rings is 1. The maximum Gasteiger partial charge on any atom is 0.254 e. The number of nitriles is 1. The van der Waals surface area contributed by atoms with Gasteiger partial charge in [0.2, 0.25) is 5.76 Å². The molecule has 0 aromatic carbocycles. The summed E-state index contributed by atoms with van der Waals surface area (Å²) in [6.07, 6.45) is 8.72. The molecule has 3 heterocycles. The molecule has 3 aliphatic carbocycles. The van der Waals surface area contributed by atoms with Crippen LogP contribution in [0.25, 0.3) is 11.0 Å². The molecular formula is C23H25BF2N4O. The number of aromatic nitrogens is 1. The molecule has 1 saturated heterocycles. The lowest BCUT2D eigenvalue weighted by Gasteiger charge is -2.41. The Kier molecular flexibility index (Phi) is 4.06. The molecule has 1 atom stereocenters. The van der Waals surface area contributed by atoms with Gasteiger partial charge in [-0.25, -0.2) is 13.8 Å². The summed E-state index contributed by atoms with van der Waals surface area (Å²) >= 11 is 0. The molecule has 2 aromatic heterocycles. The van der Waals surface area contributed by atoms with Crippen molar-refractivity contribution in [2.75, 3.05) is 18.4 Å². The van der Waals surface area contributed by atoms with Crippen LogP contribution in [0.5, 0.6) is 0 Å². The highest BCUT2D eigenvalue weighted by Crippen LogP contribution is 2.66. The number of halogens is 2. The van der Waals surface area contributed by atoms with Crippen LogP contribution in [-0.2, 0) is 0 Å². The van der Waals surface area contributed by atoms with Crippen molar-refractivity contribution in [1.29, 1.82) is 5.26 Å². The van der Waals surface area contributed by atoms with Crippen LogP contribution < -0.4 is 10.8 Å². The molecule has 4 aliphatic rings. The van der Waals surface area contributed by atoms with E-state index in [1.54, 1.807) is 12.3 Å². The van der Waals surface area contributed by atoms with Gasteiger partial charge in [-0.1, -0.05) is 0 Å². The van der Waals surface area contributed by atoms with Crippen LogP contribution in [0.3, 0.4) is 0 Å². The summed E-state index contributed by atoms with van der Waals surface area (Å²) in [5.74, 6) is -1.52. The van der Waals surface area contributed by atoms with Gasteiger partial charge in [-0.15, -0.1) is 0 Å². The Labute approximate surface area is 181 Å². The molecular weight excluding hydrogens is 397 g/mol. The van der Waals surface area contributed by atoms with E-state index in [2.05, 4.69) is 15.2 Å². The zero-order valence-corrected chi connectivity index (χ0v) is 17.5. The maximum absolute atomic E-state index is 13.6. The smallest absolute Gasteiger partial charge is 0.254 e. The molecule has 2 radical (unpaired) electrons. The first kappa shape index (κ1) is 19.5. The maximum atomic E-state index is 13.6. The van der Waals surface area contributed by atoms with Crippen molar-refractivity contribution in [1.82, 2.24) is 9.88 Å². The summed E-state index contributed by atoms with van der Waals surface area (Å²) < 4.78 is 32.7. The number of alkyl halides is 2. The third kappa shape index (κ3) is 3.00. The monoisotopic (exact) mass is 422 g/mol. The van der Waals surface area contributed by atoms with Gasteiger partial charge in [-0.3, -0.25) is 0 Å². The van der Waals surface area contributed by atoms with Gasteiger partial charge in [0.1, 0.15) is 19.7 Å². The van der Waals surface area contributed by atoms with E-state index in [1.165, 1.54) is 0 Å². The highest BCUT2D eigenvalue weighted by Gasteiger charge is 2.70. The van der Waals surface area contributed by atoms with Crippen LogP contribution in [-0.4, -0.2) is 48.8 Å². The zero-order valence-electron chi connectivity index (χ0n) is 17.5. The molecule has 0 bridgehead atoms. The van der Waals surface area contributed by atoms with Crippen LogP contribution in [0.1, 0.15) is 57.1 Å². The van der Waals surface area contributed by atoms with Gasteiger partial charge in [-0.05, 0) is 68.9 Å². The first-order valence-corrected chi connectivity index (χ1v) is 11.3. The molecule has 2 spiro atoms. The second kappa shape index (κ2) is 6.44. The van der Waals surface area contributed by atoms with Gasteiger partial charge in [0.25, 0.3) is 5.92 Å². The molecule has 1 aliphatic heterocycles. The van der Waals surface area contributed by atoms with Crippen LogP contribution in [0.4, 0.5) is 14.6 Å². The number of hydrogen-bond acceptors (Lipinski definition) is 5. The summed E-state index contributed by atoms with van der Waals surface area (Å²) in [5.41, 5.74) is 0.687. The summed E-state index contributed by atoms with van der Waals surface area (Å²) in [6.45, 7) is 1.65. The number of fused-ring (bicyclic) bond motifs is 1. The standard InChI is InChI=1S/C23H25BF2N4O/c24-19-16-9-15(11-27)31-17(16)12-28-20(19)29-18-10-21(18)3-1-14(2-4-21)30-7-5-22(6-8-30)13-23(22,25)26/h9,12,14,18H,1-8,10,13H2,(H,28,29). The first-order valence-electron chi connectivity index (χ1n) is 11.3. The molecule has 1 unspecified atom stereocenters. The second-order valence-electron chi connectivity index (χ2n) is 10.2. The summed E-state index contributed by atoms with van der Waals surface area (Å²) in [6, 6.07) is 4.55. The van der Waals surface area contributed by atoms with Gasteiger partial charge < -0.3 is 14.6 Å². The van der Waals surface area contributed by atoms with E-state index in [-0.39, 0.29) is 12.2 Å². The number of furan rings is 1. The van der Waals surface area contributed by atoms with Crippen molar-refractivity contribution < 1.29 is 13.2 Å². The highest BCUT2D eigenvalue weighted by atomic mass is 19.3. The van der Waals surface area contributed by atoms with E-state index in [0.717, 1.165) is 50.6 Å². The minimum Gasteiger partial charge on any atom is -0.444 e. The van der Waals surface area contributed by atoms with Crippen LogP contribution in [0.15, 0.2) is 16.7 Å². The third-order valence-electron chi connectivity index (χ3n) is 8.66. The SMILES string of the molecule is [B]c1c(NC2CC23CCC(N2CCC4(CC2)CC4(F)F)CC3)ncc2oc(C#N)cc12. The van der Waals surface area contributed by atoms with E-state index in [1.807, 2.05) is 6.07 Å². The van der Waals surface area contributed by atoms with E-state index in [9.17, 15) is 8.78 Å². The lowest BCUT2D eigenvalue weighted by molar-refractivity contribution is 0.0145. The van der Waals surface area contributed by atoms with Crippen LogP contribution in [0, 0.1) is 22.2 Å². The number of likely N-dealkylation sites (tertiary alicyclic amines) is 1. The minimum atomic E-state index is -2.41. The van der Waals surface area contributed by atoms with Crippen molar-refractivity contribution in [3.8, 4) is 6.07 Å². The predicted molar refractivity (Wildman–Crippen MR) is 114 cm³/mol. The van der Waals surface area contributed by atoms with Crippen molar-refractivity contribution >= 4 is 30.1 Å². The lowest BCUT2D eigenvalue weighted by Crippen LogP contribution is -2.45. The number of nitrogens with one attached hydrogen (secondary N) is 1. The number of anilines is 1. The molecule has 1 N–H and O–H groups in total. The van der Waals surface area contributed by atoms with Gasteiger partial charge >= 0.3 is 0 Å². The summed E-state index contributed by atoms with van der Waals surface area (Å²) in [7, 11) is 6.29. The number of piperidine rings is 1. The third-order valence-corrected chi connectivity index (χ3v) is 8.66. The fraction of sp³-hybridized carbons (Fsp3) is 0.652. The highest BCUT2D eigenvalue weighted by molar-refractivity contribution is 6.41. The van der Waals surface area contributed by atoms with E-state index >= 15 is 0 Å². The first-order chi connectivity index (χ1) is 14.8. The van der Waals surface area contributed by atoms with Gasteiger partial charge in [-0.2, -0.15) is 5.26 Å². The normalized spacial score (nSPS) is 33.5. The topological polar surface area (TPSA) is 65.1 Å². The van der Waals surface area contributed by atoms with Crippen LogP contribution >= 0.6 is 0 Å². The number of nitrogens with zero attached hydrogens (tertiary/aromatic N) is 3. The molecule has 6 rings (SSSR count). The molecule has 3 saturated carbocycles. The van der Waals surface area contributed by atoms with Crippen molar-refractivity contribution in [2.24, 2.45) is 10.8 Å². The Hall–Kier alpha value is -2.14. The van der Waals surface area contributed by atoms with Crippen molar-refractivity contribution in [3.63, 3.8) is 0 Å². The van der Waals surface area contributed by atoms with E-state index < -0.39 is 11.3 Å². The van der Waals surface area contributed by atoms with E-state index in [4.69, 9.17) is 17.5 Å². The molecule has 8 heteroatoms. The number of rotatable bonds is 3. The Balaban J connectivity index is 1.06. The van der Waals surface area contributed by atoms with Crippen molar-refractivity contribution in [3.05, 3.63) is 18.0 Å². The molecule has 160 valence electrons. The van der Waals surface area contributed by atoms with Gasteiger partial charge in [0, 0.05) is 35.4 Å². The Morgan fingerprint density at radius 1 is 1.23 bits per heavy atom. The lowest BCUT2D eigenvalue weighted by atomic mass is 9.81. The molecule has 0 amide bonds. The zero-order chi connectivity index (χ0) is 21.4.